The minimum Gasteiger partial charge on any atom is -0.493 e. The Bertz CT molecular complexity index is 1130. The van der Waals surface area contributed by atoms with Crippen LogP contribution in [0.15, 0.2) is 59.7 Å². The van der Waals surface area contributed by atoms with Crippen LogP contribution in [0.5, 0.6) is 23.0 Å². The molecule has 1 aliphatic rings. The normalized spacial score (nSPS) is 15.6. The van der Waals surface area contributed by atoms with Gasteiger partial charge in [-0.1, -0.05) is 24.3 Å². The maximum Gasteiger partial charge on any atom is 0.284 e. The van der Waals surface area contributed by atoms with E-state index in [1.807, 2.05) is 42.5 Å². The number of carbonyl (C=O) groups is 1. The summed E-state index contributed by atoms with van der Waals surface area (Å²) in [7, 11) is 3.14. The number of ether oxygens (including phenoxy) is 4. The highest BCUT2D eigenvalue weighted by atomic mass is 16.6. The van der Waals surface area contributed by atoms with E-state index in [4.69, 9.17) is 18.9 Å². The summed E-state index contributed by atoms with van der Waals surface area (Å²) in [5.74, 6) is 2.00. The summed E-state index contributed by atoms with van der Waals surface area (Å²) in [6.07, 6.45) is -0.791. The molecule has 154 valence electrons. The van der Waals surface area contributed by atoms with E-state index in [0.717, 1.165) is 16.3 Å². The van der Waals surface area contributed by atoms with Crippen LogP contribution in [0.1, 0.15) is 12.5 Å². The molecule has 3 aromatic rings. The van der Waals surface area contributed by atoms with E-state index in [1.165, 1.54) is 0 Å². The van der Waals surface area contributed by atoms with Gasteiger partial charge in [0.15, 0.2) is 23.0 Å². The first-order chi connectivity index (χ1) is 14.6. The van der Waals surface area contributed by atoms with E-state index in [9.17, 15) is 4.79 Å². The largest absolute Gasteiger partial charge is 0.493 e. The van der Waals surface area contributed by atoms with Crippen molar-refractivity contribution < 1.29 is 23.7 Å². The lowest BCUT2D eigenvalue weighted by atomic mass is 10.1. The van der Waals surface area contributed by atoms with Gasteiger partial charge in [0, 0.05) is 5.56 Å². The van der Waals surface area contributed by atoms with Crippen LogP contribution in [0, 0.1) is 0 Å². The molecule has 0 saturated carbocycles. The molecule has 0 radical (unpaired) electrons. The van der Waals surface area contributed by atoms with Crippen molar-refractivity contribution in [3.05, 3.63) is 60.2 Å². The molecule has 0 bridgehead atoms. The van der Waals surface area contributed by atoms with Crippen LogP contribution in [0.3, 0.4) is 0 Å². The van der Waals surface area contributed by atoms with E-state index in [0.29, 0.717) is 28.7 Å². The number of methoxy groups -OCH3 is 2. The molecule has 7 nitrogen and oxygen atoms in total. The van der Waals surface area contributed by atoms with Gasteiger partial charge in [0.05, 0.1) is 19.9 Å². The van der Waals surface area contributed by atoms with Gasteiger partial charge in [-0.25, -0.2) is 5.43 Å². The number of rotatable bonds is 5. The molecule has 0 fully saturated rings. The van der Waals surface area contributed by atoms with Gasteiger partial charge in [-0.2, -0.15) is 5.10 Å². The van der Waals surface area contributed by atoms with E-state index in [1.54, 1.807) is 33.3 Å². The Labute approximate surface area is 174 Å². The number of hydrazone groups is 1. The topological polar surface area (TPSA) is 78.4 Å². The lowest BCUT2D eigenvalue weighted by Gasteiger charge is -2.25. The fourth-order valence-corrected chi connectivity index (χ4v) is 3.22. The van der Waals surface area contributed by atoms with Gasteiger partial charge in [0.2, 0.25) is 6.10 Å². The van der Waals surface area contributed by atoms with Gasteiger partial charge in [0.25, 0.3) is 5.91 Å². The van der Waals surface area contributed by atoms with Crippen molar-refractivity contribution in [3.8, 4) is 23.0 Å². The highest BCUT2D eigenvalue weighted by Gasteiger charge is 2.27. The van der Waals surface area contributed by atoms with Crippen LogP contribution in [0.2, 0.25) is 0 Å². The predicted octanol–water partition coefficient (Wildman–Crippen LogP) is 3.54. The van der Waals surface area contributed by atoms with Gasteiger partial charge in [0.1, 0.15) is 6.61 Å². The third-order valence-electron chi connectivity index (χ3n) is 4.90. The van der Waals surface area contributed by atoms with E-state index in [2.05, 4.69) is 10.5 Å². The standard InChI is InChI=1S/C23H22N2O5/c1-14(15-8-9-18(27-2)19(10-15)28-3)24-25-23(26)22-13-29-20-11-16-6-4-5-7-17(16)12-21(20)30-22/h4-12,22H,13H2,1-3H3,(H,25,26)/b24-14+/t22-/m1/s1. The predicted molar refractivity (Wildman–Crippen MR) is 114 cm³/mol. The first kappa shape index (κ1) is 19.6. The van der Waals surface area contributed by atoms with Gasteiger partial charge in [-0.3, -0.25) is 4.79 Å². The van der Waals surface area contributed by atoms with Gasteiger partial charge in [-0.15, -0.1) is 0 Å². The summed E-state index contributed by atoms with van der Waals surface area (Å²) in [4.78, 5) is 12.6. The average Bonchev–Trinajstić information content (AvgIpc) is 2.79. The molecule has 1 atom stereocenters. The SMILES string of the molecule is COc1ccc(/C(C)=N/NC(=O)[C@H]2COc3cc4ccccc4cc3O2)cc1OC. The van der Waals surface area contributed by atoms with Crippen molar-refractivity contribution in [2.75, 3.05) is 20.8 Å². The zero-order chi connectivity index (χ0) is 21.1. The smallest absolute Gasteiger partial charge is 0.284 e. The van der Waals surface area contributed by atoms with Crippen molar-refractivity contribution >= 4 is 22.4 Å². The third-order valence-corrected chi connectivity index (χ3v) is 4.90. The summed E-state index contributed by atoms with van der Waals surface area (Å²) in [6.45, 7) is 1.91. The van der Waals surface area contributed by atoms with E-state index >= 15 is 0 Å². The molecular weight excluding hydrogens is 384 g/mol. The lowest BCUT2D eigenvalue weighted by Crippen LogP contribution is -2.42. The Kier molecular flexibility index (Phi) is 5.43. The monoisotopic (exact) mass is 406 g/mol. The van der Waals surface area contributed by atoms with Crippen molar-refractivity contribution in [2.45, 2.75) is 13.0 Å². The van der Waals surface area contributed by atoms with Crippen molar-refractivity contribution in [3.63, 3.8) is 0 Å². The Hall–Kier alpha value is -3.74. The number of hydrogen-bond donors (Lipinski definition) is 1. The van der Waals surface area contributed by atoms with Crippen LogP contribution < -0.4 is 24.4 Å². The molecule has 0 spiro atoms. The second kappa shape index (κ2) is 8.32. The van der Waals surface area contributed by atoms with Gasteiger partial charge >= 0.3 is 0 Å². The van der Waals surface area contributed by atoms with Gasteiger partial charge < -0.3 is 18.9 Å². The summed E-state index contributed by atoms with van der Waals surface area (Å²) >= 11 is 0. The zero-order valence-corrected chi connectivity index (χ0v) is 17.0. The fraction of sp³-hybridized carbons (Fsp3) is 0.217. The van der Waals surface area contributed by atoms with Crippen LogP contribution in [-0.2, 0) is 4.79 Å². The van der Waals surface area contributed by atoms with E-state index in [-0.39, 0.29) is 12.5 Å². The van der Waals surface area contributed by atoms with Crippen LogP contribution >= 0.6 is 0 Å². The minimum atomic E-state index is -0.791. The highest BCUT2D eigenvalue weighted by molar-refractivity contribution is 6.00. The second-order valence-corrected chi connectivity index (χ2v) is 6.81. The highest BCUT2D eigenvalue weighted by Crippen LogP contribution is 2.35. The summed E-state index contributed by atoms with van der Waals surface area (Å²) in [5, 5.41) is 6.26. The molecule has 1 amide bonds. The number of nitrogens with one attached hydrogen (secondary N) is 1. The Morgan fingerprint density at radius 1 is 1.00 bits per heavy atom. The Morgan fingerprint density at radius 2 is 1.70 bits per heavy atom. The molecule has 0 aliphatic carbocycles. The molecule has 4 rings (SSSR count). The molecule has 0 saturated heterocycles. The average molecular weight is 406 g/mol. The molecule has 1 aliphatic heterocycles. The number of hydrogen-bond acceptors (Lipinski definition) is 6. The number of carbonyl (C=O) groups excluding carboxylic acids is 1. The maximum absolute atomic E-state index is 12.6. The molecular formula is C23H22N2O5. The first-order valence-electron chi connectivity index (χ1n) is 9.48. The summed E-state index contributed by atoms with van der Waals surface area (Å²) < 4.78 is 22.2. The van der Waals surface area contributed by atoms with Crippen LogP contribution in [0.25, 0.3) is 10.8 Å². The minimum absolute atomic E-state index is 0.113. The van der Waals surface area contributed by atoms with Crippen LogP contribution in [-0.4, -0.2) is 38.5 Å². The van der Waals surface area contributed by atoms with E-state index < -0.39 is 6.10 Å². The van der Waals surface area contributed by atoms with Crippen LogP contribution in [0.4, 0.5) is 0 Å². The van der Waals surface area contributed by atoms with Crippen molar-refractivity contribution in [2.24, 2.45) is 5.10 Å². The quantitative estimate of drug-likeness (QED) is 0.518. The summed E-state index contributed by atoms with van der Waals surface area (Å²) in [6, 6.07) is 17.1. The molecule has 7 heteroatoms. The molecule has 30 heavy (non-hydrogen) atoms. The number of nitrogens with zero attached hydrogens (tertiary/aromatic N) is 1. The zero-order valence-electron chi connectivity index (χ0n) is 17.0. The lowest BCUT2D eigenvalue weighted by molar-refractivity contribution is -0.130. The van der Waals surface area contributed by atoms with Gasteiger partial charge in [-0.05, 0) is 48.0 Å². The molecule has 1 N–H and O–H groups in total. The van der Waals surface area contributed by atoms with Crippen molar-refractivity contribution in [1.29, 1.82) is 0 Å². The fourth-order valence-electron chi connectivity index (χ4n) is 3.22. The third kappa shape index (κ3) is 3.87. The first-order valence-corrected chi connectivity index (χ1v) is 9.48. The number of benzene rings is 3. The van der Waals surface area contributed by atoms with Crippen molar-refractivity contribution in [1.82, 2.24) is 5.43 Å². The summed E-state index contributed by atoms with van der Waals surface area (Å²) in [5.41, 5.74) is 3.97. The molecule has 3 aromatic carbocycles. The number of fused-ring (bicyclic) bond motifs is 2. The Morgan fingerprint density at radius 3 is 2.40 bits per heavy atom. The maximum atomic E-state index is 12.6. The molecule has 1 heterocycles. The Balaban J connectivity index is 1.46. The second-order valence-electron chi connectivity index (χ2n) is 6.81. The molecule has 0 unspecified atom stereocenters. The molecule has 0 aromatic heterocycles. The number of amides is 1.